The number of esters is 3. The summed E-state index contributed by atoms with van der Waals surface area (Å²) in [5.41, 5.74) is 0. The summed E-state index contributed by atoms with van der Waals surface area (Å²) >= 11 is 0. The van der Waals surface area contributed by atoms with E-state index in [9.17, 15) is 43.5 Å². The largest absolute Gasteiger partial charge is 0.472 e. The molecule has 0 aliphatic heterocycles. The molecule has 0 saturated heterocycles. The first kappa shape index (κ1) is 81.7. The molecule has 0 fully saturated rings. The molecular weight excluding hydrogens is 1150 g/mol. The van der Waals surface area contributed by atoms with Crippen molar-refractivity contribution >= 4 is 33.6 Å². The molecule has 0 spiro atoms. The summed E-state index contributed by atoms with van der Waals surface area (Å²) in [5, 5.41) is 20.5. The average molecular weight is 1250 g/mol. The van der Waals surface area contributed by atoms with Crippen molar-refractivity contribution in [1.82, 2.24) is 0 Å². The number of aliphatic hydroxyl groups excluding tert-OH is 2. The average Bonchev–Trinajstić information content (AvgIpc) is 3.59. The number of phosphoric ester groups is 2. The molecule has 16 nitrogen and oxygen atoms in total. The first-order chi connectivity index (χ1) is 42.2. The van der Waals surface area contributed by atoms with Crippen LogP contribution < -0.4 is 0 Å². The van der Waals surface area contributed by atoms with Gasteiger partial charge in [0.15, 0.2) is 6.10 Å². The number of unbranched alkanes of at least 4 members (excludes halogenated alkanes) is 3. The van der Waals surface area contributed by atoms with Crippen LogP contribution in [0.3, 0.4) is 0 Å². The first-order valence-electron chi connectivity index (χ1n) is 31.1. The summed E-state index contributed by atoms with van der Waals surface area (Å²) in [6.07, 6.45) is 75.5. The van der Waals surface area contributed by atoms with Crippen molar-refractivity contribution in [2.24, 2.45) is 0 Å². The van der Waals surface area contributed by atoms with Gasteiger partial charge in [-0.2, -0.15) is 0 Å². The minimum absolute atomic E-state index is 0.00377. The fourth-order valence-electron chi connectivity index (χ4n) is 6.97. The van der Waals surface area contributed by atoms with Gasteiger partial charge in [0.2, 0.25) is 0 Å². The van der Waals surface area contributed by atoms with Gasteiger partial charge in [0.1, 0.15) is 25.4 Å². The summed E-state index contributed by atoms with van der Waals surface area (Å²) in [6, 6.07) is 0. The molecule has 0 aromatic rings. The third-order valence-corrected chi connectivity index (χ3v) is 13.5. The molecule has 5 atom stereocenters. The van der Waals surface area contributed by atoms with Crippen LogP contribution in [0.5, 0.6) is 0 Å². The molecule has 0 radical (unpaired) electrons. The van der Waals surface area contributed by atoms with Crippen molar-refractivity contribution in [1.29, 1.82) is 0 Å². The smallest absolute Gasteiger partial charge is 0.463 e. The van der Waals surface area contributed by atoms with E-state index in [0.717, 1.165) is 96.3 Å². The van der Waals surface area contributed by atoms with Gasteiger partial charge in [-0.1, -0.05) is 203 Å². The molecule has 0 aromatic carbocycles. The molecular formula is C69H106O16P2. The Labute approximate surface area is 522 Å². The maximum Gasteiger partial charge on any atom is 0.472 e. The van der Waals surface area contributed by atoms with Gasteiger partial charge in [-0.3, -0.25) is 32.5 Å². The summed E-state index contributed by atoms with van der Waals surface area (Å²) in [4.78, 5) is 58.2. The van der Waals surface area contributed by atoms with Crippen LogP contribution in [0.25, 0.3) is 0 Å². The monoisotopic (exact) mass is 1250 g/mol. The van der Waals surface area contributed by atoms with Crippen LogP contribution >= 0.6 is 15.6 Å². The van der Waals surface area contributed by atoms with Gasteiger partial charge in [-0.15, -0.1) is 0 Å². The van der Waals surface area contributed by atoms with Gasteiger partial charge >= 0.3 is 33.6 Å². The normalized spacial score (nSPS) is 15.5. The van der Waals surface area contributed by atoms with E-state index in [2.05, 4.69) is 167 Å². The Kier molecular flexibility index (Phi) is 57.2. The highest BCUT2D eigenvalue weighted by Crippen LogP contribution is 2.45. The third-order valence-electron chi connectivity index (χ3n) is 11.6. The Morgan fingerprint density at radius 2 is 0.552 bits per heavy atom. The zero-order valence-electron chi connectivity index (χ0n) is 52.3. The van der Waals surface area contributed by atoms with Gasteiger partial charge in [0.25, 0.3) is 0 Å². The van der Waals surface area contributed by atoms with Crippen molar-refractivity contribution in [3.05, 3.63) is 182 Å². The Morgan fingerprint density at radius 3 is 0.839 bits per heavy atom. The molecule has 0 aliphatic rings. The second kappa shape index (κ2) is 60.9. The SMILES string of the molecule is CC/C=C\C/C=C\C/C=C\C/C=C\C/C=C\CCCC(=O)OCC(O)COP(=O)(O)OCC(O)COP(=O)(O)OCC(COC(=O)CCC/C=C\C/C=C\C/C=C\C/C=C\C/C=C\CC)OC(=O)CCC/C=C\C/C=C\C/C=C\C/C=C\C/C=C\CC. The van der Waals surface area contributed by atoms with Gasteiger partial charge in [-0.25, -0.2) is 9.13 Å². The molecule has 0 saturated carbocycles. The Morgan fingerprint density at radius 1 is 0.322 bits per heavy atom. The minimum Gasteiger partial charge on any atom is -0.463 e. The van der Waals surface area contributed by atoms with Gasteiger partial charge in [0, 0.05) is 19.3 Å². The molecule has 0 aromatic heterocycles. The quantitative estimate of drug-likeness (QED) is 0.0146. The molecule has 5 unspecified atom stereocenters. The fourth-order valence-corrected chi connectivity index (χ4v) is 8.55. The second-order valence-electron chi connectivity index (χ2n) is 19.7. The molecule has 0 rings (SSSR count). The predicted molar refractivity (Wildman–Crippen MR) is 352 cm³/mol. The number of aliphatic hydroxyl groups is 2. The molecule has 0 amide bonds. The highest BCUT2D eigenvalue weighted by molar-refractivity contribution is 7.47. The molecule has 0 aliphatic carbocycles. The van der Waals surface area contributed by atoms with Crippen LogP contribution in [0.1, 0.15) is 175 Å². The molecule has 18 heteroatoms. The highest BCUT2D eigenvalue weighted by atomic mass is 31.2. The Hall–Kier alpha value is -5.35. The van der Waals surface area contributed by atoms with Crippen LogP contribution in [0.15, 0.2) is 182 Å². The molecule has 488 valence electrons. The number of allylic oxidation sites excluding steroid dienone is 30. The molecule has 0 bridgehead atoms. The van der Waals surface area contributed by atoms with Crippen LogP contribution in [0, 0.1) is 0 Å². The van der Waals surface area contributed by atoms with Crippen molar-refractivity contribution in [3.63, 3.8) is 0 Å². The Balaban J connectivity index is 4.92. The number of rotatable bonds is 56. The lowest BCUT2D eigenvalue weighted by Gasteiger charge is -2.21. The van der Waals surface area contributed by atoms with Crippen molar-refractivity contribution < 1.29 is 75.8 Å². The number of carbonyl (C=O) groups excluding carboxylic acids is 3. The van der Waals surface area contributed by atoms with Crippen molar-refractivity contribution in [3.8, 4) is 0 Å². The Bertz CT molecular complexity index is 2310. The number of phosphoric acid groups is 2. The summed E-state index contributed by atoms with van der Waals surface area (Å²) in [7, 11) is -9.84. The van der Waals surface area contributed by atoms with Gasteiger partial charge in [-0.05, 0) is 135 Å². The highest BCUT2D eigenvalue weighted by Gasteiger charge is 2.29. The lowest BCUT2D eigenvalue weighted by atomic mass is 10.2. The second-order valence-corrected chi connectivity index (χ2v) is 22.6. The predicted octanol–water partition coefficient (Wildman–Crippen LogP) is 16.7. The standard InChI is InChI=1S/C69H106O16P2/c1-4-7-10-13-16-19-22-25-28-31-34-37-40-43-46-49-52-55-67(72)79-58-64(70)59-81-86(75,76)82-60-65(71)61-83-87(77,78)84-63-66(85-69(74)57-54-51-48-45-42-39-36-33-30-27-24-21-18-15-12-9-6-3)62-80-68(73)56-53-50-47-44-41-38-35-32-29-26-23-20-17-14-11-8-5-2/h7-12,16-21,25-30,34-39,43-48,64-66,70-71H,4-6,13-15,22-24,31-33,40-42,49-63H2,1-3H3,(H,75,76)(H,77,78)/b10-7-,11-8-,12-9-,19-16-,20-17-,21-18-,28-25-,29-26-,30-27-,37-34-,38-35-,39-36-,46-43-,47-44-,48-45-. The molecule has 0 heterocycles. The van der Waals surface area contributed by atoms with E-state index in [1.807, 2.05) is 36.5 Å². The topological polar surface area (TPSA) is 231 Å². The lowest BCUT2D eigenvalue weighted by molar-refractivity contribution is -0.161. The lowest BCUT2D eigenvalue weighted by Crippen LogP contribution is -2.30. The number of carbonyl (C=O) groups is 3. The zero-order chi connectivity index (χ0) is 63.8. The van der Waals surface area contributed by atoms with Crippen LogP contribution in [-0.2, 0) is 55.8 Å². The maximum atomic E-state index is 12.9. The van der Waals surface area contributed by atoms with E-state index < -0.39 is 91.5 Å². The van der Waals surface area contributed by atoms with Crippen molar-refractivity contribution in [2.75, 3.05) is 39.6 Å². The number of hydrogen-bond donors (Lipinski definition) is 4. The van der Waals surface area contributed by atoms with E-state index >= 15 is 0 Å². The zero-order valence-corrected chi connectivity index (χ0v) is 54.1. The summed E-state index contributed by atoms with van der Waals surface area (Å²) in [5.74, 6) is -1.79. The van der Waals surface area contributed by atoms with E-state index in [0.29, 0.717) is 38.5 Å². The number of ether oxygens (including phenoxy) is 3. The van der Waals surface area contributed by atoms with Crippen molar-refractivity contribution in [2.45, 2.75) is 193 Å². The van der Waals surface area contributed by atoms with Crippen LogP contribution in [0.4, 0.5) is 0 Å². The van der Waals surface area contributed by atoms with E-state index in [-0.39, 0.29) is 19.3 Å². The summed E-state index contributed by atoms with van der Waals surface area (Å²) in [6.45, 7) is 2.05. The fraction of sp³-hybridized carbons (Fsp3) is 0.522. The third kappa shape index (κ3) is 62.1. The summed E-state index contributed by atoms with van der Waals surface area (Å²) < 4.78 is 60.5. The van der Waals surface area contributed by atoms with E-state index in [1.165, 1.54) is 0 Å². The van der Waals surface area contributed by atoms with Gasteiger partial charge in [0.05, 0.1) is 26.4 Å². The van der Waals surface area contributed by atoms with Crippen LogP contribution in [0.2, 0.25) is 0 Å². The first-order valence-corrected chi connectivity index (χ1v) is 34.1. The minimum atomic E-state index is -4.96. The maximum absolute atomic E-state index is 12.9. The van der Waals surface area contributed by atoms with Crippen LogP contribution in [-0.4, -0.2) is 95.9 Å². The van der Waals surface area contributed by atoms with Gasteiger partial charge < -0.3 is 34.2 Å². The van der Waals surface area contributed by atoms with E-state index in [1.54, 1.807) is 0 Å². The van der Waals surface area contributed by atoms with E-state index in [4.69, 9.17) is 32.3 Å². The molecule has 4 N–H and O–H groups in total. The number of hydrogen-bond acceptors (Lipinski definition) is 14. The molecule has 87 heavy (non-hydrogen) atoms.